The van der Waals surface area contributed by atoms with E-state index in [1.165, 1.54) is 12.5 Å². The first-order chi connectivity index (χ1) is 9.06. The van der Waals surface area contributed by atoms with Gasteiger partial charge in [0.1, 0.15) is 5.82 Å². The van der Waals surface area contributed by atoms with Gasteiger partial charge in [-0.25, -0.2) is 4.39 Å². The maximum Gasteiger partial charge on any atom is 0.141 e. The smallest absolute Gasteiger partial charge is 0.141 e. The minimum atomic E-state index is -0.602. The predicted octanol–water partition coefficient (Wildman–Crippen LogP) is 2.62. The van der Waals surface area contributed by atoms with Crippen LogP contribution in [0.1, 0.15) is 38.5 Å². The second kappa shape index (κ2) is 6.44. The number of likely N-dealkylation sites (tertiary alicyclic amines) is 1. The van der Waals surface area contributed by atoms with E-state index in [1.807, 2.05) is 0 Å². The SMILES string of the molecule is CC1CCN(CCC(O)c2ccc(F)cn2)CC1C. The molecule has 1 fully saturated rings. The van der Waals surface area contributed by atoms with Crippen molar-refractivity contribution in [2.75, 3.05) is 19.6 Å². The Hall–Kier alpha value is -1.00. The van der Waals surface area contributed by atoms with Gasteiger partial charge in [-0.2, -0.15) is 0 Å². The average molecular weight is 266 g/mol. The Morgan fingerprint density at radius 1 is 1.42 bits per heavy atom. The first-order valence-electron chi connectivity index (χ1n) is 7.08. The van der Waals surface area contributed by atoms with E-state index in [0.717, 1.165) is 37.7 Å². The molecule has 2 heterocycles. The molecule has 0 radical (unpaired) electrons. The molecule has 1 aromatic heterocycles. The summed E-state index contributed by atoms with van der Waals surface area (Å²) in [6, 6.07) is 2.90. The molecule has 1 saturated heterocycles. The Morgan fingerprint density at radius 2 is 2.21 bits per heavy atom. The summed E-state index contributed by atoms with van der Waals surface area (Å²) in [7, 11) is 0. The van der Waals surface area contributed by atoms with E-state index in [2.05, 4.69) is 23.7 Å². The van der Waals surface area contributed by atoms with E-state index in [0.29, 0.717) is 12.1 Å². The van der Waals surface area contributed by atoms with Gasteiger partial charge in [-0.3, -0.25) is 4.98 Å². The third kappa shape index (κ3) is 3.98. The van der Waals surface area contributed by atoms with Gasteiger partial charge in [0.15, 0.2) is 0 Å². The molecule has 1 aliphatic heterocycles. The van der Waals surface area contributed by atoms with E-state index in [9.17, 15) is 9.50 Å². The zero-order chi connectivity index (χ0) is 13.8. The Labute approximate surface area is 114 Å². The van der Waals surface area contributed by atoms with Crippen molar-refractivity contribution in [2.45, 2.75) is 32.8 Å². The third-order valence-electron chi connectivity index (χ3n) is 4.23. The molecule has 1 N–H and O–H groups in total. The number of halogens is 1. The summed E-state index contributed by atoms with van der Waals surface area (Å²) >= 11 is 0. The van der Waals surface area contributed by atoms with Crippen molar-refractivity contribution < 1.29 is 9.50 Å². The molecule has 0 saturated carbocycles. The maximum absolute atomic E-state index is 12.8. The minimum absolute atomic E-state index is 0.366. The molecule has 3 atom stereocenters. The normalized spacial score (nSPS) is 26.3. The van der Waals surface area contributed by atoms with E-state index >= 15 is 0 Å². The highest BCUT2D eigenvalue weighted by Gasteiger charge is 2.23. The summed E-state index contributed by atoms with van der Waals surface area (Å²) in [6.45, 7) is 7.67. The van der Waals surface area contributed by atoms with Crippen LogP contribution in [0.5, 0.6) is 0 Å². The van der Waals surface area contributed by atoms with Gasteiger partial charge in [0.05, 0.1) is 18.0 Å². The molecule has 2 rings (SSSR count). The van der Waals surface area contributed by atoms with Crippen LogP contribution in [0.25, 0.3) is 0 Å². The number of aliphatic hydroxyl groups is 1. The molecular formula is C15H23FN2O. The first kappa shape index (κ1) is 14.4. The highest BCUT2D eigenvalue weighted by Crippen LogP contribution is 2.23. The van der Waals surface area contributed by atoms with Crippen LogP contribution in [-0.2, 0) is 0 Å². The van der Waals surface area contributed by atoms with Gasteiger partial charge in [-0.1, -0.05) is 13.8 Å². The monoisotopic (exact) mass is 266 g/mol. The molecule has 19 heavy (non-hydrogen) atoms. The van der Waals surface area contributed by atoms with Gasteiger partial charge in [0.25, 0.3) is 0 Å². The molecule has 0 aliphatic carbocycles. The second-order valence-electron chi connectivity index (χ2n) is 5.75. The van der Waals surface area contributed by atoms with Crippen molar-refractivity contribution in [3.8, 4) is 0 Å². The first-order valence-corrected chi connectivity index (χ1v) is 7.08. The third-order valence-corrected chi connectivity index (χ3v) is 4.23. The van der Waals surface area contributed by atoms with Gasteiger partial charge in [0.2, 0.25) is 0 Å². The lowest BCUT2D eigenvalue weighted by molar-refractivity contribution is 0.101. The fourth-order valence-corrected chi connectivity index (χ4v) is 2.59. The zero-order valence-electron chi connectivity index (χ0n) is 11.7. The van der Waals surface area contributed by atoms with Gasteiger partial charge >= 0.3 is 0 Å². The Morgan fingerprint density at radius 3 is 2.84 bits per heavy atom. The van der Waals surface area contributed by atoms with Crippen LogP contribution < -0.4 is 0 Å². The minimum Gasteiger partial charge on any atom is -0.387 e. The molecular weight excluding hydrogens is 243 g/mol. The summed E-state index contributed by atoms with van der Waals surface area (Å²) in [5, 5.41) is 10.0. The van der Waals surface area contributed by atoms with Gasteiger partial charge < -0.3 is 10.0 Å². The van der Waals surface area contributed by atoms with Crippen molar-refractivity contribution in [1.29, 1.82) is 0 Å². The molecule has 3 nitrogen and oxygen atoms in total. The van der Waals surface area contributed by atoms with E-state index in [-0.39, 0.29) is 5.82 Å². The van der Waals surface area contributed by atoms with Gasteiger partial charge in [-0.05, 0) is 43.4 Å². The summed E-state index contributed by atoms with van der Waals surface area (Å²) in [5.41, 5.74) is 0.555. The van der Waals surface area contributed by atoms with E-state index in [1.54, 1.807) is 6.07 Å². The van der Waals surface area contributed by atoms with Crippen molar-refractivity contribution >= 4 is 0 Å². The lowest BCUT2D eigenvalue weighted by Crippen LogP contribution is -2.39. The van der Waals surface area contributed by atoms with Crippen molar-refractivity contribution in [1.82, 2.24) is 9.88 Å². The maximum atomic E-state index is 12.8. The van der Waals surface area contributed by atoms with Crippen LogP contribution in [0, 0.1) is 17.7 Å². The predicted molar refractivity (Wildman–Crippen MR) is 73.2 cm³/mol. The lowest BCUT2D eigenvalue weighted by atomic mass is 9.88. The van der Waals surface area contributed by atoms with Crippen LogP contribution >= 0.6 is 0 Å². The van der Waals surface area contributed by atoms with E-state index in [4.69, 9.17) is 0 Å². The molecule has 0 amide bonds. The quantitative estimate of drug-likeness (QED) is 0.910. The molecule has 0 spiro atoms. The summed E-state index contributed by atoms with van der Waals surface area (Å²) in [5.74, 6) is 1.14. The van der Waals surface area contributed by atoms with Crippen molar-refractivity contribution in [3.63, 3.8) is 0 Å². The van der Waals surface area contributed by atoms with Crippen LogP contribution in [0.4, 0.5) is 4.39 Å². The standard InChI is InChI=1S/C15H23FN2O/c1-11-5-7-18(10-12(11)2)8-6-15(19)14-4-3-13(16)9-17-14/h3-4,9,11-12,15,19H,5-8,10H2,1-2H3. The van der Waals surface area contributed by atoms with E-state index < -0.39 is 6.10 Å². The molecule has 4 heteroatoms. The van der Waals surface area contributed by atoms with Crippen LogP contribution in [0.3, 0.4) is 0 Å². The van der Waals surface area contributed by atoms with Crippen LogP contribution in [0.2, 0.25) is 0 Å². The van der Waals surface area contributed by atoms with Gasteiger partial charge in [-0.15, -0.1) is 0 Å². The zero-order valence-corrected chi connectivity index (χ0v) is 11.7. The second-order valence-corrected chi connectivity index (χ2v) is 5.75. The topological polar surface area (TPSA) is 36.4 Å². The fourth-order valence-electron chi connectivity index (χ4n) is 2.59. The number of aromatic nitrogens is 1. The molecule has 0 bridgehead atoms. The number of aliphatic hydroxyl groups excluding tert-OH is 1. The number of piperidine rings is 1. The van der Waals surface area contributed by atoms with Crippen LogP contribution in [-0.4, -0.2) is 34.6 Å². The number of rotatable bonds is 4. The number of hydrogen-bond acceptors (Lipinski definition) is 3. The highest BCUT2D eigenvalue weighted by molar-refractivity contribution is 5.07. The lowest BCUT2D eigenvalue weighted by Gasteiger charge is -2.35. The molecule has 3 unspecified atom stereocenters. The van der Waals surface area contributed by atoms with Crippen molar-refractivity contribution in [3.05, 3.63) is 29.8 Å². The molecule has 1 aromatic rings. The number of hydrogen-bond donors (Lipinski definition) is 1. The van der Waals surface area contributed by atoms with Crippen LogP contribution in [0.15, 0.2) is 18.3 Å². The Balaban J connectivity index is 1.80. The largest absolute Gasteiger partial charge is 0.387 e. The Kier molecular flexibility index (Phi) is 4.88. The summed E-state index contributed by atoms with van der Waals surface area (Å²) in [4.78, 5) is 6.33. The summed E-state index contributed by atoms with van der Waals surface area (Å²) in [6.07, 6.45) is 2.44. The summed E-state index contributed by atoms with van der Waals surface area (Å²) < 4.78 is 12.8. The number of pyridine rings is 1. The highest BCUT2D eigenvalue weighted by atomic mass is 19.1. The average Bonchev–Trinajstić information content (AvgIpc) is 2.40. The molecule has 1 aliphatic rings. The number of nitrogens with zero attached hydrogens (tertiary/aromatic N) is 2. The fraction of sp³-hybridized carbons (Fsp3) is 0.667. The molecule has 0 aromatic carbocycles. The molecule has 106 valence electrons. The van der Waals surface area contributed by atoms with Gasteiger partial charge in [0, 0.05) is 13.1 Å². The Bertz CT molecular complexity index is 396. The van der Waals surface area contributed by atoms with Crippen molar-refractivity contribution in [2.24, 2.45) is 11.8 Å².